The Balaban J connectivity index is 2.04. The molecule has 0 radical (unpaired) electrons. The molecule has 12 heteroatoms. The lowest BCUT2D eigenvalue weighted by atomic mass is 9.89. The molecule has 1 aromatic heterocycles. The number of hydrogen-bond donors (Lipinski definition) is 5. The Morgan fingerprint density at radius 2 is 1.66 bits per heavy atom. The molecule has 0 unspecified atom stereocenters. The fourth-order valence-corrected chi connectivity index (χ4v) is 4.51. The second-order valence-corrected chi connectivity index (χ2v) is 9.18. The Bertz CT molecular complexity index is 1210. The van der Waals surface area contributed by atoms with E-state index in [9.17, 15) is 29.4 Å². The largest absolute Gasteiger partial charge is 0.506 e. The van der Waals surface area contributed by atoms with Crippen LogP contribution in [-0.4, -0.2) is 50.8 Å². The molecule has 0 atom stereocenters. The minimum absolute atomic E-state index is 0.164. The fraction of sp³-hybridized carbons (Fsp3) is 0.391. The lowest BCUT2D eigenvalue weighted by Crippen LogP contribution is -2.38. The van der Waals surface area contributed by atoms with Crippen molar-refractivity contribution in [1.29, 1.82) is 0 Å². The smallest absolute Gasteiger partial charge is 0.322 e. The van der Waals surface area contributed by atoms with E-state index in [4.69, 9.17) is 28.3 Å². The molecule has 0 bridgehead atoms. The van der Waals surface area contributed by atoms with Gasteiger partial charge in [-0.15, -0.1) is 0 Å². The number of benzene rings is 1. The molecule has 0 saturated heterocycles. The van der Waals surface area contributed by atoms with Crippen LogP contribution in [0.15, 0.2) is 23.0 Å². The molecular formula is C23H25Cl2N3O7. The van der Waals surface area contributed by atoms with E-state index < -0.39 is 52.6 Å². The third-order valence-corrected chi connectivity index (χ3v) is 6.47. The Hall–Kier alpha value is -3.24. The topological polar surface area (TPSA) is 158 Å². The van der Waals surface area contributed by atoms with E-state index in [1.54, 1.807) is 0 Å². The standard InChI is InChI=1S/C23H25Cl2N3O7/c24-14-7-6-13(15(25)8-14)11-28-22(34)17(20(32)26-9-12-4-2-1-3-5-12)19(31)18(23(28)35)21(33)27-10-16(29)30/h6-8,12,31,34H,1-5,9-11H2,(H,26,32)(H,27,33)(H,29,30). The lowest BCUT2D eigenvalue weighted by molar-refractivity contribution is -0.135. The second-order valence-electron chi connectivity index (χ2n) is 8.34. The zero-order valence-corrected chi connectivity index (χ0v) is 20.2. The van der Waals surface area contributed by atoms with Crippen molar-refractivity contribution in [1.82, 2.24) is 15.2 Å². The molecule has 188 valence electrons. The van der Waals surface area contributed by atoms with Crippen molar-refractivity contribution in [3.05, 3.63) is 55.3 Å². The van der Waals surface area contributed by atoms with Gasteiger partial charge < -0.3 is 26.0 Å². The van der Waals surface area contributed by atoms with Crippen molar-refractivity contribution in [2.75, 3.05) is 13.1 Å². The van der Waals surface area contributed by atoms with E-state index in [0.717, 1.165) is 32.1 Å². The first-order valence-electron chi connectivity index (χ1n) is 11.0. The highest BCUT2D eigenvalue weighted by atomic mass is 35.5. The number of nitrogens with one attached hydrogen (secondary N) is 2. The summed E-state index contributed by atoms with van der Waals surface area (Å²) in [6, 6.07) is 4.42. The lowest BCUT2D eigenvalue weighted by Gasteiger charge is -2.22. The van der Waals surface area contributed by atoms with Crippen LogP contribution in [0.25, 0.3) is 0 Å². The molecule has 3 rings (SSSR count). The van der Waals surface area contributed by atoms with Crippen LogP contribution < -0.4 is 16.2 Å². The summed E-state index contributed by atoms with van der Waals surface area (Å²) in [6.07, 6.45) is 5.06. The van der Waals surface area contributed by atoms with Crippen LogP contribution in [0, 0.1) is 5.92 Å². The van der Waals surface area contributed by atoms with E-state index in [2.05, 4.69) is 5.32 Å². The number of pyridine rings is 1. The van der Waals surface area contributed by atoms with Crippen LogP contribution in [0.2, 0.25) is 10.0 Å². The SMILES string of the molecule is O=C(O)CNC(=O)c1c(O)c(C(=O)NCC2CCCCC2)c(O)n(Cc2ccc(Cl)cc2Cl)c1=O. The molecule has 2 amide bonds. The fourth-order valence-electron chi connectivity index (χ4n) is 4.04. The quantitative estimate of drug-likeness (QED) is 0.354. The summed E-state index contributed by atoms with van der Waals surface area (Å²) in [5.41, 5.74) is -2.36. The van der Waals surface area contributed by atoms with Gasteiger partial charge in [0.15, 0.2) is 5.75 Å². The van der Waals surface area contributed by atoms with Gasteiger partial charge in [-0.1, -0.05) is 48.5 Å². The number of carboxylic acid groups (broad SMARTS) is 1. The summed E-state index contributed by atoms with van der Waals surface area (Å²) in [6.45, 7) is -0.895. The maximum atomic E-state index is 13.1. The maximum absolute atomic E-state index is 13.1. The van der Waals surface area contributed by atoms with Crippen LogP contribution in [0.4, 0.5) is 0 Å². The average molecular weight is 526 g/mol. The second kappa shape index (κ2) is 11.5. The van der Waals surface area contributed by atoms with Gasteiger partial charge in [-0.2, -0.15) is 0 Å². The minimum Gasteiger partial charge on any atom is -0.506 e. The minimum atomic E-state index is -1.38. The highest BCUT2D eigenvalue weighted by Gasteiger charge is 2.30. The van der Waals surface area contributed by atoms with Crippen molar-refractivity contribution in [3.8, 4) is 11.6 Å². The molecule has 0 aliphatic heterocycles. The molecule has 1 heterocycles. The summed E-state index contributed by atoms with van der Waals surface area (Å²) in [7, 11) is 0. The normalized spacial score (nSPS) is 13.9. The van der Waals surface area contributed by atoms with Gasteiger partial charge in [-0.05, 0) is 36.5 Å². The first-order valence-corrected chi connectivity index (χ1v) is 11.8. The first-order chi connectivity index (χ1) is 16.6. The first kappa shape index (κ1) is 26.4. The summed E-state index contributed by atoms with van der Waals surface area (Å²) < 4.78 is 0.708. The summed E-state index contributed by atoms with van der Waals surface area (Å²) in [4.78, 5) is 49.5. The van der Waals surface area contributed by atoms with E-state index in [1.807, 2.05) is 5.32 Å². The summed E-state index contributed by atoms with van der Waals surface area (Å²) in [5, 5.41) is 35.5. The number of rotatable bonds is 8. The van der Waals surface area contributed by atoms with Gasteiger partial charge in [0.25, 0.3) is 17.4 Å². The average Bonchev–Trinajstić information content (AvgIpc) is 2.81. The van der Waals surface area contributed by atoms with Gasteiger partial charge in [0.05, 0.1) is 6.54 Å². The molecule has 2 aromatic rings. The van der Waals surface area contributed by atoms with Gasteiger partial charge in [0.2, 0.25) is 5.88 Å². The number of aliphatic carboxylic acids is 1. The molecule has 0 spiro atoms. The van der Waals surface area contributed by atoms with E-state index >= 15 is 0 Å². The molecular weight excluding hydrogens is 501 g/mol. The summed E-state index contributed by atoms with van der Waals surface area (Å²) >= 11 is 12.1. The number of aromatic hydroxyl groups is 2. The maximum Gasteiger partial charge on any atom is 0.322 e. The number of carbonyl (C=O) groups excluding carboxylic acids is 2. The van der Waals surface area contributed by atoms with Crippen molar-refractivity contribution in [3.63, 3.8) is 0 Å². The molecule has 10 nitrogen and oxygen atoms in total. The van der Waals surface area contributed by atoms with Crippen LogP contribution in [0.1, 0.15) is 58.4 Å². The van der Waals surface area contributed by atoms with E-state index in [1.165, 1.54) is 18.2 Å². The Labute approximate surface area is 210 Å². The predicted octanol–water partition coefficient (Wildman–Crippen LogP) is 2.74. The van der Waals surface area contributed by atoms with Crippen molar-refractivity contribution in [2.45, 2.75) is 38.6 Å². The number of carbonyl (C=O) groups is 3. The number of aromatic nitrogens is 1. The van der Waals surface area contributed by atoms with Gasteiger partial charge >= 0.3 is 5.97 Å². The zero-order chi connectivity index (χ0) is 25.7. The van der Waals surface area contributed by atoms with E-state index in [-0.39, 0.29) is 17.5 Å². The van der Waals surface area contributed by atoms with Crippen LogP contribution in [0.3, 0.4) is 0 Å². The van der Waals surface area contributed by atoms with Crippen molar-refractivity contribution < 1.29 is 29.7 Å². The molecule has 1 aliphatic carbocycles. The molecule has 5 N–H and O–H groups in total. The van der Waals surface area contributed by atoms with Crippen LogP contribution in [0.5, 0.6) is 11.6 Å². The van der Waals surface area contributed by atoms with Gasteiger partial charge in [0, 0.05) is 16.6 Å². The third kappa shape index (κ3) is 6.26. The number of amides is 2. The molecule has 1 saturated carbocycles. The van der Waals surface area contributed by atoms with E-state index in [0.29, 0.717) is 21.7 Å². The van der Waals surface area contributed by atoms with Crippen LogP contribution >= 0.6 is 23.2 Å². The van der Waals surface area contributed by atoms with Gasteiger partial charge in [-0.3, -0.25) is 23.7 Å². The van der Waals surface area contributed by atoms with Crippen LogP contribution in [-0.2, 0) is 11.3 Å². The highest BCUT2D eigenvalue weighted by molar-refractivity contribution is 6.35. The molecule has 1 aliphatic rings. The summed E-state index contributed by atoms with van der Waals surface area (Å²) in [5.74, 6) is -5.16. The number of halogens is 2. The Morgan fingerprint density at radius 3 is 2.29 bits per heavy atom. The third-order valence-electron chi connectivity index (χ3n) is 5.89. The Kier molecular flexibility index (Phi) is 8.63. The number of carboxylic acids is 1. The number of nitrogens with zero attached hydrogens (tertiary/aromatic N) is 1. The predicted molar refractivity (Wildman–Crippen MR) is 128 cm³/mol. The molecule has 35 heavy (non-hydrogen) atoms. The highest BCUT2D eigenvalue weighted by Crippen LogP contribution is 2.31. The van der Waals surface area contributed by atoms with Crippen molar-refractivity contribution >= 4 is 41.0 Å². The zero-order valence-electron chi connectivity index (χ0n) is 18.6. The monoisotopic (exact) mass is 525 g/mol. The molecule has 1 aromatic carbocycles. The van der Waals surface area contributed by atoms with Crippen molar-refractivity contribution in [2.24, 2.45) is 5.92 Å². The van der Waals surface area contributed by atoms with Gasteiger partial charge in [0.1, 0.15) is 17.7 Å². The van der Waals surface area contributed by atoms with Gasteiger partial charge in [-0.25, -0.2) is 0 Å². The number of hydrogen-bond acceptors (Lipinski definition) is 6. The molecule has 1 fully saturated rings. The Morgan fingerprint density at radius 1 is 1.00 bits per heavy atom.